The first-order valence-corrected chi connectivity index (χ1v) is 4.83. The second-order valence-electron chi connectivity index (χ2n) is 4.36. The van der Waals surface area contributed by atoms with Crippen LogP contribution in [0, 0.1) is 0 Å². The fourth-order valence-corrected chi connectivity index (χ4v) is 1.62. The molecule has 0 atom stereocenters. The SMILES string of the molecule is [B]c1cc(C(C)(C)O)cc2nn(C)cc12. The topological polar surface area (TPSA) is 38.1 Å². The largest absolute Gasteiger partial charge is 0.386 e. The number of nitrogens with zero attached hydrogens (tertiary/aromatic N) is 2. The van der Waals surface area contributed by atoms with Crippen LogP contribution in [0.15, 0.2) is 18.3 Å². The molecular weight excluding hydrogens is 187 g/mol. The molecule has 0 aliphatic heterocycles. The number of aryl methyl sites for hydroxylation is 1. The Kier molecular flexibility index (Phi) is 2.12. The van der Waals surface area contributed by atoms with Gasteiger partial charge in [-0.05, 0) is 25.5 Å². The number of aromatic nitrogens is 2. The van der Waals surface area contributed by atoms with Gasteiger partial charge >= 0.3 is 0 Å². The van der Waals surface area contributed by atoms with Crippen molar-refractivity contribution in [2.24, 2.45) is 7.05 Å². The van der Waals surface area contributed by atoms with Crippen molar-refractivity contribution in [2.45, 2.75) is 19.4 Å². The molecule has 2 rings (SSSR count). The van der Waals surface area contributed by atoms with Gasteiger partial charge in [0.25, 0.3) is 0 Å². The van der Waals surface area contributed by atoms with Crippen molar-refractivity contribution in [2.75, 3.05) is 0 Å². The van der Waals surface area contributed by atoms with E-state index >= 15 is 0 Å². The first-order chi connectivity index (χ1) is 6.88. The van der Waals surface area contributed by atoms with Crippen molar-refractivity contribution in [1.29, 1.82) is 0 Å². The van der Waals surface area contributed by atoms with E-state index in [0.717, 1.165) is 16.5 Å². The number of fused-ring (bicyclic) bond motifs is 1. The highest BCUT2D eigenvalue weighted by Gasteiger charge is 2.17. The van der Waals surface area contributed by atoms with Crippen LogP contribution in [0.4, 0.5) is 0 Å². The van der Waals surface area contributed by atoms with E-state index < -0.39 is 5.60 Å². The molecule has 76 valence electrons. The van der Waals surface area contributed by atoms with Crippen LogP contribution in [0.25, 0.3) is 10.9 Å². The van der Waals surface area contributed by atoms with Gasteiger partial charge < -0.3 is 5.11 Å². The highest BCUT2D eigenvalue weighted by atomic mass is 16.3. The number of hydrogen-bond acceptors (Lipinski definition) is 2. The van der Waals surface area contributed by atoms with E-state index in [9.17, 15) is 5.11 Å². The van der Waals surface area contributed by atoms with Crippen molar-refractivity contribution in [1.82, 2.24) is 9.78 Å². The van der Waals surface area contributed by atoms with Crippen molar-refractivity contribution >= 4 is 24.2 Å². The molecule has 2 radical (unpaired) electrons. The Labute approximate surface area is 90.1 Å². The fraction of sp³-hybridized carbons (Fsp3) is 0.364. The monoisotopic (exact) mass is 200 g/mol. The smallest absolute Gasteiger partial charge is 0.114 e. The number of benzene rings is 1. The molecule has 1 N–H and O–H groups in total. The lowest BCUT2D eigenvalue weighted by molar-refractivity contribution is 0.0788. The molecule has 0 amide bonds. The molecule has 1 aromatic heterocycles. The second-order valence-corrected chi connectivity index (χ2v) is 4.36. The lowest BCUT2D eigenvalue weighted by Crippen LogP contribution is -2.18. The minimum absolute atomic E-state index is 0.651. The molecular formula is C11H13BN2O. The highest BCUT2D eigenvalue weighted by molar-refractivity contribution is 6.38. The molecule has 0 fully saturated rings. The molecule has 3 nitrogen and oxygen atoms in total. The average molecular weight is 200 g/mol. The molecule has 1 heterocycles. The van der Waals surface area contributed by atoms with Gasteiger partial charge in [0.15, 0.2) is 0 Å². The summed E-state index contributed by atoms with van der Waals surface area (Å²) in [6.45, 7) is 3.47. The Hall–Kier alpha value is -1.29. The molecule has 4 heteroatoms. The van der Waals surface area contributed by atoms with Crippen LogP contribution in [0.3, 0.4) is 0 Å². The first kappa shape index (κ1) is 10.2. The zero-order chi connectivity index (χ0) is 11.2. The van der Waals surface area contributed by atoms with Crippen LogP contribution >= 0.6 is 0 Å². The zero-order valence-corrected chi connectivity index (χ0v) is 9.15. The Balaban J connectivity index is 2.72. The maximum atomic E-state index is 9.89. The Morgan fingerprint density at radius 1 is 1.40 bits per heavy atom. The summed E-state index contributed by atoms with van der Waals surface area (Å²) in [5.41, 5.74) is 1.36. The number of aliphatic hydroxyl groups is 1. The predicted octanol–water partition coefficient (Wildman–Crippen LogP) is 0.594. The summed E-state index contributed by atoms with van der Waals surface area (Å²) in [7, 11) is 7.75. The quantitative estimate of drug-likeness (QED) is 0.684. The summed E-state index contributed by atoms with van der Waals surface area (Å²) >= 11 is 0. The standard InChI is InChI=1S/C11H13BN2O/c1-11(2,15)7-4-9(12)8-6-14(3)13-10(8)5-7/h4-6,15H,1-3H3. The minimum Gasteiger partial charge on any atom is -0.386 e. The van der Waals surface area contributed by atoms with Crippen LogP contribution in [0.5, 0.6) is 0 Å². The van der Waals surface area contributed by atoms with Crippen molar-refractivity contribution in [3.05, 3.63) is 23.9 Å². The maximum Gasteiger partial charge on any atom is 0.114 e. The molecule has 0 bridgehead atoms. The summed E-state index contributed by atoms with van der Waals surface area (Å²) in [6, 6.07) is 3.66. The third-order valence-electron chi connectivity index (χ3n) is 2.48. The number of hydrogen-bond donors (Lipinski definition) is 1. The molecule has 2 aromatic rings. The van der Waals surface area contributed by atoms with Crippen molar-refractivity contribution in [3.63, 3.8) is 0 Å². The van der Waals surface area contributed by atoms with E-state index in [-0.39, 0.29) is 0 Å². The first-order valence-electron chi connectivity index (χ1n) is 4.83. The van der Waals surface area contributed by atoms with Crippen LogP contribution in [-0.4, -0.2) is 22.7 Å². The molecule has 1 aromatic carbocycles. The van der Waals surface area contributed by atoms with Gasteiger partial charge in [0.2, 0.25) is 0 Å². The zero-order valence-electron chi connectivity index (χ0n) is 9.15. The summed E-state index contributed by atoms with van der Waals surface area (Å²) in [5.74, 6) is 0. The maximum absolute atomic E-state index is 9.89. The minimum atomic E-state index is -0.889. The van der Waals surface area contributed by atoms with Gasteiger partial charge in [0, 0.05) is 18.6 Å². The van der Waals surface area contributed by atoms with Gasteiger partial charge in [-0.2, -0.15) is 5.10 Å². The summed E-state index contributed by atoms with van der Waals surface area (Å²) in [5, 5.41) is 15.1. The summed E-state index contributed by atoms with van der Waals surface area (Å²) in [6.07, 6.45) is 1.87. The Morgan fingerprint density at radius 3 is 2.67 bits per heavy atom. The lowest BCUT2D eigenvalue weighted by atomic mass is 9.87. The van der Waals surface area contributed by atoms with Gasteiger partial charge in [0.05, 0.1) is 11.1 Å². The Morgan fingerprint density at radius 2 is 2.07 bits per heavy atom. The molecule has 0 unspecified atom stereocenters. The molecule has 0 aliphatic rings. The summed E-state index contributed by atoms with van der Waals surface area (Å²) < 4.78 is 1.72. The van der Waals surface area contributed by atoms with E-state index in [0.29, 0.717) is 5.46 Å². The van der Waals surface area contributed by atoms with E-state index in [1.165, 1.54) is 0 Å². The average Bonchev–Trinajstić information content (AvgIpc) is 2.44. The van der Waals surface area contributed by atoms with Crippen molar-refractivity contribution < 1.29 is 5.11 Å². The van der Waals surface area contributed by atoms with Gasteiger partial charge in [0.1, 0.15) is 7.85 Å². The van der Waals surface area contributed by atoms with Gasteiger partial charge in [-0.1, -0.05) is 11.5 Å². The third kappa shape index (κ3) is 1.77. The van der Waals surface area contributed by atoms with Crippen LogP contribution in [-0.2, 0) is 12.6 Å². The predicted molar refractivity (Wildman–Crippen MR) is 61.3 cm³/mol. The molecule has 0 saturated heterocycles. The van der Waals surface area contributed by atoms with Gasteiger partial charge in [-0.3, -0.25) is 4.68 Å². The molecule has 15 heavy (non-hydrogen) atoms. The summed E-state index contributed by atoms with van der Waals surface area (Å²) in [4.78, 5) is 0. The van der Waals surface area contributed by atoms with E-state index in [4.69, 9.17) is 7.85 Å². The fourth-order valence-electron chi connectivity index (χ4n) is 1.62. The molecule has 0 spiro atoms. The van der Waals surface area contributed by atoms with Crippen LogP contribution in [0.2, 0.25) is 0 Å². The molecule has 0 saturated carbocycles. The van der Waals surface area contributed by atoms with Crippen LogP contribution in [0.1, 0.15) is 19.4 Å². The molecule has 0 aliphatic carbocycles. The van der Waals surface area contributed by atoms with Crippen molar-refractivity contribution in [3.8, 4) is 0 Å². The normalized spacial score (nSPS) is 12.3. The van der Waals surface area contributed by atoms with E-state index in [1.807, 2.05) is 19.3 Å². The van der Waals surface area contributed by atoms with E-state index in [1.54, 1.807) is 24.6 Å². The second kappa shape index (κ2) is 3.10. The van der Waals surface area contributed by atoms with Gasteiger partial charge in [-0.25, -0.2) is 0 Å². The van der Waals surface area contributed by atoms with E-state index in [2.05, 4.69) is 5.10 Å². The highest BCUT2D eigenvalue weighted by Crippen LogP contribution is 2.21. The lowest BCUT2D eigenvalue weighted by Gasteiger charge is -2.18. The van der Waals surface area contributed by atoms with Gasteiger partial charge in [-0.15, -0.1) is 0 Å². The van der Waals surface area contributed by atoms with Crippen LogP contribution < -0.4 is 5.46 Å². The number of rotatable bonds is 1. The third-order valence-corrected chi connectivity index (χ3v) is 2.48. The Bertz CT molecular complexity index is 511.